The predicted octanol–water partition coefficient (Wildman–Crippen LogP) is 6.73. The van der Waals surface area contributed by atoms with Gasteiger partial charge < -0.3 is 4.74 Å². The number of halogens is 3. The molecule has 0 spiro atoms. The molecule has 5 rings (SSSR count). The maximum absolute atomic E-state index is 12.8. The van der Waals surface area contributed by atoms with Gasteiger partial charge in [-0.2, -0.15) is 5.10 Å². The number of aromatic nitrogens is 3. The summed E-state index contributed by atoms with van der Waals surface area (Å²) in [6.45, 7) is 6.18. The molecular formula is C29H25F3N6O2S. The molecule has 1 aliphatic rings. The average Bonchev–Trinajstić information content (AvgIpc) is 3.56. The second-order valence-electron chi connectivity index (χ2n) is 9.49. The van der Waals surface area contributed by atoms with E-state index < -0.39 is 6.36 Å². The first-order valence-corrected chi connectivity index (χ1v) is 13.6. The van der Waals surface area contributed by atoms with Crippen LogP contribution in [0.3, 0.4) is 0 Å². The number of carbonyl (C=O) groups excluding carboxylic acids is 1. The lowest BCUT2D eigenvalue weighted by molar-refractivity contribution is -0.274. The zero-order chi connectivity index (χ0) is 29.1. The maximum atomic E-state index is 12.8. The molecule has 2 heterocycles. The van der Waals surface area contributed by atoms with Crippen molar-refractivity contribution in [1.29, 1.82) is 0 Å². The Morgan fingerprint density at radius 2 is 1.78 bits per heavy atom. The Balaban J connectivity index is 1.29. The molecule has 1 saturated heterocycles. The molecule has 41 heavy (non-hydrogen) atoms. The van der Waals surface area contributed by atoms with Crippen molar-refractivity contribution in [2.45, 2.75) is 33.1 Å². The van der Waals surface area contributed by atoms with E-state index in [0.29, 0.717) is 22.4 Å². The van der Waals surface area contributed by atoms with Gasteiger partial charge in [0.2, 0.25) is 5.91 Å². The van der Waals surface area contributed by atoms with Crippen molar-refractivity contribution in [3.63, 3.8) is 0 Å². The van der Waals surface area contributed by atoms with E-state index >= 15 is 0 Å². The highest BCUT2D eigenvalue weighted by Gasteiger charge is 2.33. The van der Waals surface area contributed by atoms with Gasteiger partial charge >= 0.3 is 6.36 Å². The molecule has 210 valence electrons. The third kappa shape index (κ3) is 6.49. The maximum Gasteiger partial charge on any atom is 0.573 e. The predicted molar refractivity (Wildman–Crippen MR) is 154 cm³/mol. The van der Waals surface area contributed by atoms with Gasteiger partial charge in [0, 0.05) is 5.56 Å². The highest BCUT2D eigenvalue weighted by Crippen LogP contribution is 2.36. The minimum Gasteiger partial charge on any atom is -0.406 e. The summed E-state index contributed by atoms with van der Waals surface area (Å²) in [5.74, 6) is 0.651. The van der Waals surface area contributed by atoms with Gasteiger partial charge in [-0.15, -0.1) is 23.4 Å². The lowest BCUT2D eigenvalue weighted by Gasteiger charge is -2.23. The molecule has 0 saturated carbocycles. The number of amides is 1. The number of hydrogen-bond acceptors (Lipinski definition) is 7. The molecule has 0 atom stereocenters. The molecular weight excluding hydrogens is 553 g/mol. The van der Waals surface area contributed by atoms with Crippen molar-refractivity contribution in [3.8, 4) is 22.8 Å². The number of nitrogens with zero attached hydrogens (tertiary/aromatic N) is 6. The van der Waals surface area contributed by atoms with Gasteiger partial charge in [-0.3, -0.25) is 9.69 Å². The fourth-order valence-electron chi connectivity index (χ4n) is 4.29. The molecule has 1 amide bonds. The summed E-state index contributed by atoms with van der Waals surface area (Å²) in [6.07, 6.45) is -1.67. The summed E-state index contributed by atoms with van der Waals surface area (Å²) in [4.78, 5) is 18.8. The molecule has 0 unspecified atom stereocenters. The number of benzene rings is 3. The molecule has 1 fully saturated rings. The van der Waals surface area contributed by atoms with Crippen LogP contribution in [0, 0.1) is 6.92 Å². The minimum atomic E-state index is -4.75. The van der Waals surface area contributed by atoms with Gasteiger partial charge in [-0.05, 0) is 53.8 Å². The first-order chi connectivity index (χ1) is 19.6. The number of carbonyl (C=O) groups is 1. The number of thioether (sulfide) groups is 1. The van der Waals surface area contributed by atoms with Gasteiger partial charge in [0.15, 0.2) is 11.0 Å². The van der Waals surface area contributed by atoms with Crippen LogP contribution in [0.1, 0.15) is 36.5 Å². The SMILES string of the molecule is Cc1cccc(C(C)C)c1N1C(=O)CSC1=NN=Cc1ccc(-c2ncn(-c3ccc(OC(F)(F)F)cc3)n2)cc1. The van der Waals surface area contributed by atoms with Crippen LogP contribution in [0.15, 0.2) is 83.3 Å². The summed E-state index contributed by atoms with van der Waals surface area (Å²) in [5.41, 5.74) is 5.02. The van der Waals surface area contributed by atoms with Gasteiger partial charge in [-0.25, -0.2) is 9.67 Å². The highest BCUT2D eigenvalue weighted by molar-refractivity contribution is 8.15. The highest BCUT2D eigenvalue weighted by atomic mass is 32.2. The molecule has 0 bridgehead atoms. The molecule has 1 aromatic heterocycles. The van der Waals surface area contributed by atoms with E-state index in [1.807, 2.05) is 49.4 Å². The van der Waals surface area contributed by atoms with Crippen LogP contribution in [-0.4, -0.2) is 44.2 Å². The van der Waals surface area contributed by atoms with E-state index in [2.05, 4.69) is 38.9 Å². The number of anilines is 1. The molecule has 3 aromatic carbocycles. The van der Waals surface area contributed by atoms with Crippen LogP contribution in [0.2, 0.25) is 0 Å². The van der Waals surface area contributed by atoms with E-state index in [4.69, 9.17) is 0 Å². The zero-order valence-corrected chi connectivity index (χ0v) is 23.1. The van der Waals surface area contributed by atoms with Crippen molar-refractivity contribution in [2.24, 2.45) is 10.2 Å². The molecule has 0 aliphatic carbocycles. The quantitative estimate of drug-likeness (QED) is 0.179. The molecule has 12 heteroatoms. The van der Waals surface area contributed by atoms with Crippen molar-refractivity contribution >= 4 is 34.7 Å². The largest absolute Gasteiger partial charge is 0.573 e. The Bertz CT molecular complexity index is 1610. The Morgan fingerprint density at radius 3 is 2.46 bits per heavy atom. The third-order valence-electron chi connectivity index (χ3n) is 6.23. The van der Waals surface area contributed by atoms with E-state index in [1.165, 1.54) is 47.0 Å². The van der Waals surface area contributed by atoms with Crippen molar-refractivity contribution in [3.05, 3.63) is 89.7 Å². The summed E-state index contributed by atoms with van der Waals surface area (Å²) in [6, 6.07) is 18.7. The van der Waals surface area contributed by atoms with Gasteiger partial charge in [0.1, 0.15) is 12.1 Å². The lowest BCUT2D eigenvalue weighted by Crippen LogP contribution is -2.31. The zero-order valence-electron chi connectivity index (χ0n) is 22.3. The molecule has 0 N–H and O–H groups in total. The normalized spacial score (nSPS) is 15.0. The van der Waals surface area contributed by atoms with Crippen LogP contribution in [0.5, 0.6) is 5.75 Å². The minimum absolute atomic E-state index is 0.0259. The van der Waals surface area contributed by atoms with Gasteiger partial charge in [0.05, 0.1) is 23.3 Å². The molecule has 0 radical (unpaired) electrons. The van der Waals surface area contributed by atoms with E-state index in [9.17, 15) is 18.0 Å². The number of amidine groups is 1. The monoisotopic (exact) mass is 578 g/mol. The third-order valence-corrected chi connectivity index (χ3v) is 7.14. The second-order valence-corrected chi connectivity index (χ2v) is 10.4. The van der Waals surface area contributed by atoms with E-state index in [1.54, 1.807) is 11.1 Å². The van der Waals surface area contributed by atoms with Crippen LogP contribution >= 0.6 is 11.8 Å². The first-order valence-electron chi connectivity index (χ1n) is 12.6. The Hall–Kier alpha value is -4.45. The first kappa shape index (κ1) is 28.1. The summed E-state index contributed by atoms with van der Waals surface area (Å²) < 4.78 is 42.5. The number of hydrogen-bond donors (Lipinski definition) is 0. The topological polar surface area (TPSA) is 85.0 Å². The van der Waals surface area contributed by atoms with Crippen LogP contribution in [0.25, 0.3) is 17.1 Å². The van der Waals surface area contributed by atoms with Crippen LogP contribution in [0.4, 0.5) is 18.9 Å². The van der Waals surface area contributed by atoms with Crippen molar-refractivity contribution < 1.29 is 22.7 Å². The Labute approximate surface area is 238 Å². The lowest BCUT2D eigenvalue weighted by atomic mass is 9.97. The van der Waals surface area contributed by atoms with Crippen molar-refractivity contribution in [1.82, 2.24) is 14.8 Å². The number of para-hydroxylation sites is 1. The summed E-state index contributed by atoms with van der Waals surface area (Å²) >= 11 is 1.36. The Morgan fingerprint density at radius 1 is 1.05 bits per heavy atom. The fraction of sp³-hybridized carbons (Fsp3) is 0.207. The molecule has 4 aromatic rings. The Kier molecular flexibility index (Phi) is 7.93. The van der Waals surface area contributed by atoms with Gasteiger partial charge in [0.25, 0.3) is 0 Å². The summed E-state index contributed by atoms with van der Waals surface area (Å²) in [7, 11) is 0. The molecule has 1 aliphatic heterocycles. The average molecular weight is 579 g/mol. The summed E-state index contributed by atoms with van der Waals surface area (Å²) in [5, 5.41) is 13.6. The number of aryl methyl sites for hydroxylation is 1. The molecule has 8 nitrogen and oxygen atoms in total. The van der Waals surface area contributed by atoms with Crippen LogP contribution in [-0.2, 0) is 4.79 Å². The van der Waals surface area contributed by atoms with Crippen molar-refractivity contribution in [2.75, 3.05) is 10.7 Å². The van der Waals surface area contributed by atoms with E-state index in [-0.39, 0.29) is 17.6 Å². The number of alkyl halides is 3. The second kappa shape index (κ2) is 11.6. The fourth-order valence-corrected chi connectivity index (χ4v) is 5.10. The van der Waals surface area contributed by atoms with Gasteiger partial charge in [-0.1, -0.05) is 68.1 Å². The standard InChI is InChI=1S/C29H25F3N6O2S/c1-18(2)24-6-4-5-19(3)26(24)38-25(39)16-41-28(38)35-34-15-20-7-9-21(10-8-20)27-33-17-37(36-27)22-11-13-23(14-12-22)40-29(30,31)32/h4-15,17-18H,16H2,1-3H3. The smallest absolute Gasteiger partial charge is 0.406 e. The van der Waals surface area contributed by atoms with E-state index in [0.717, 1.165) is 27.9 Å². The van der Waals surface area contributed by atoms with Crippen LogP contribution < -0.4 is 9.64 Å². The number of ether oxygens (including phenoxy) is 1. The number of rotatable bonds is 7.